The lowest BCUT2D eigenvalue weighted by Crippen LogP contribution is -2.23. The number of imidazole rings is 1. The fourth-order valence-corrected chi connectivity index (χ4v) is 2.35. The third-order valence-electron chi connectivity index (χ3n) is 3.64. The number of aromatic nitrogens is 2. The number of para-hydroxylation sites is 1. The number of aryl methyl sites for hydroxylation is 1. The molecule has 0 aliphatic heterocycles. The Morgan fingerprint density at radius 3 is 2.75 bits per heavy atom. The van der Waals surface area contributed by atoms with Crippen LogP contribution in [0.4, 0.5) is 0 Å². The van der Waals surface area contributed by atoms with Gasteiger partial charge in [-0.05, 0) is 25.7 Å². The number of aromatic carboxylic acids is 1. The lowest BCUT2D eigenvalue weighted by molar-refractivity contribution is 0.0698. The fourth-order valence-electron chi connectivity index (χ4n) is 2.35. The summed E-state index contributed by atoms with van der Waals surface area (Å²) in [5.41, 5.74) is 1.83. The number of carboxylic acids is 1. The van der Waals surface area contributed by atoms with Gasteiger partial charge in [-0.25, -0.2) is 9.78 Å². The zero-order chi connectivity index (χ0) is 14.7. The van der Waals surface area contributed by atoms with Crippen molar-refractivity contribution in [1.29, 1.82) is 0 Å². The number of hydrogen-bond acceptors (Lipinski definition) is 3. The van der Waals surface area contributed by atoms with Gasteiger partial charge >= 0.3 is 5.97 Å². The van der Waals surface area contributed by atoms with Crippen LogP contribution in [0.3, 0.4) is 0 Å². The van der Waals surface area contributed by atoms with E-state index in [4.69, 9.17) is 0 Å². The maximum absolute atomic E-state index is 11.4. The lowest BCUT2D eigenvalue weighted by Gasteiger charge is -2.16. The third kappa shape index (κ3) is 2.67. The van der Waals surface area contributed by atoms with Crippen molar-refractivity contribution in [3.63, 3.8) is 0 Å². The van der Waals surface area contributed by atoms with Crippen molar-refractivity contribution >= 4 is 17.0 Å². The molecule has 0 aliphatic carbocycles. The Morgan fingerprint density at radius 1 is 1.40 bits per heavy atom. The molecular weight excluding hydrogens is 254 g/mol. The van der Waals surface area contributed by atoms with Gasteiger partial charge in [-0.3, -0.25) is 0 Å². The number of carboxylic acid groups (broad SMARTS) is 1. The largest absolute Gasteiger partial charge is 0.478 e. The van der Waals surface area contributed by atoms with Crippen LogP contribution in [-0.4, -0.2) is 45.7 Å². The Morgan fingerprint density at radius 2 is 2.15 bits per heavy atom. The molecule has 0 fully saturated rings. The number of likely N-dealkylation sites (N-methyl/N-ethyl adjacent to an activating group) is 1. The molecule has 20 heavy (non-hydrogen) atoms. The van der Waals surface area contributed by atoms with Crippen molar-refractivity contribution in [2.24, 2.45) is 0 Å². The summed E-state index contributed by atoms with van der Waals surface area (Å²) in [6.07, 6.45) is 0.795. The monoisotopic (exact) mass is 275 g/mol. The third-order valence-corrected chi connectivity index (χ3v) is 3.64. The van der Waals surface area contributed by atoms with E-state index in [1.54, 1.807) is 12.1 Å². The van der Waals surface area contributed by atoms with Crippen LogP contribution < -0.4 is 0 Å². The van der Waals surface area contributed by atoms with Gasteiger partial charge in [-0.2, -0.15) is 0 Å². The second-order valence-electron chi connectivity index (χ2n) is 4.91. The predicted molar refractivity (Wildman–Crippen MR) is 79.2 cm³/mol. The van der Waals surface area contributed by atoms with E-state index in [9.17, 15) is 9.90 Å². The standard InChI is InChI=1S/C15H21N3O2/c1-4-13-16-12-8-6-7-11(15(19)20)14(12)18(13)10-9-17(3)5-2/h6-8H,4-5,9-10H2,1-3H3,(H,19,20). The second-order valence-corrected chi connectivity index (χ2v) is 4.91. The Bertz CT molecular complexity index is 619. The zero-order valence-electron chi connectivity index (χ0n) is 12.3. The van der Waals surface area contributed by atoms with Gasteiger partial charge in [-0.15, -0.1) is 0 Å². The van der Waals surface area contributed by atoms with Crippen molar-refractivity contribution < 1.29 is 9.90 Å². The zero-order valence-corrected chi connectivity index (χ0v) is 12.3. The number of hydrogen-bond donors (Lipinski definition) is 1. The van der Waals surface area contributed by atoms with Gasteiger partial charge in [0.05, 0.1) is 16.6 Å². The van der Waals surface area contributed by atoms with E-state index in [1.807, 2.05) is 17.6 Å². The van der Waals surface area contributed by atoms with E-state index in [0.717, 1.165) is 42.9 Å². The summed E-state index contributed by atoms with van der Waals surface area (Å²) >= 11 is 0. The normalized spacial score (nSPS) is 11.4. The average molecular weight is 275 g/mol. The molecule has 5 heteroatoms. The van der Waals surface area contributed by atoms with Crippen molar-refractivity contribution in [2.45, 2.75) is 26.8 Å². The average Bonchev–Trinajstić information content (AvgIpc) is 2.82. The molecule has 0 aliphatic rings. The molecule has 0 saturated heterocycles. The maximum atomic E-state index is 11.4. The fraction of sp³-hybridized carbons (Fsp3) is 0.467. The number of carbonyl (C=O) groups is 1. The first kappa shape index (κ1) is 14.5. The number of benzene rings is 1. The van der Waals surface area contributed by atoms with E-state index >= 15 is 0 Å². The maximum Gasteiger partial charge on any atom is 0.337 e. The first-order valence-corrected chi connectivity index (χ1v) is 6.98. The summed E-state index contributed by atoms with van der Waals surface area (Å²) in [4.78, 5) is 18.2. The van der Waals surface area contributed by atoms with Gasteiger partial charge in [0.15, 0.2) is 0 Å². The molecule has 2 aromatic rings. The van der Waals surface area contributed by atoms with Crippen LogP contribution in [0.15, 0.2) is 18.2 Å². The van der Waals surface area contributed by atoms with Gasteiger partial charge in [-0.1, -0.05) is 19.9 Å². The Balaban J connectivity index is 2.51. The molecule has 1 aromatic carbocycles. The highest BCUT2D eigenvalue weighted by Crippen LogP contribution is 2.21. The summed E-state index contributed by atoms with van der Waals surface area (Å²) in [5, 5.41) is 9.36. The van der Waals surface area contributed by atoms with Gasteiger partial charge < -0.3 is 14.6 Å². The van der Waals surface area contributed by atoms with Crippen molar-refractivity contribution in [2.75, 3.05) is 20.1 Å². The molecule has 0 amide bonds. The molecule has 0 bridgehead atoms. The number of fused-ring (bicyclic) bond motifs is 1. The molecule has 0 radical (unpaired) electrons. The van der Waals surface area contributed by atoms with Crippen LogP contribution in [-0.2, 0) is 13.0 Å². The first-order valence-electron chi connectivity index (χ1n) is 6.98. The minimum Gasteiger partial charge on any atom is -0.478 e. The molecule has 108 valence electrons. The molecule has 2 rings (SSSR count). The van der Waals surface area contributed by atoms with Gasteiger partial charge in [0.1, 0.15) is 5.82 Å². The van der Waals surface area contributed by atoms with E-state index in [0.29, 0.717) is 5.56 Å². The summed E-state index contributed by atoms with van der Waals surface area (Å²) in [6, 6.07) is 5.27. The highest BCUT2D eigenvalue weighted by atomic mass is 16.4. The van der Waals surface area contributed by atoms with Crippen LogP contribution in [0.5, 0.6) is 0 Å². The van der Waals surface area contributed by atoms with Crippen LogP contribution in [0.1, 0.15) is 30.0 Å². The number of nitrogens with zero attached hydrogens (tertiary/aromatic N) is 3. The van der Waals surface area contributed by atoms with E-state index in [2.05, 4.69) is 23.9 Å². The molecule has 0 spiro atoms. The Labute approximate surface area is 118 Å². The van der Waals surface area contributed by atoms with Crippen molar-refractivity contribution in [1.82, 2.24) is 14.5 Å². The topological polar surface area (TPSA) is 58.4 Å². The van der Waals surface area contributed by atoms with E-state index in [1.165, 1.54) is 0 Å². The molecule has 1 N–H and O–H groups in total. The summed E-state index contributed by atoms with van der Waals surface area (Å²) < 4.78 is 2.05. The summed E-state index contributed by atoms with van der Waals surface area (Å²) in [7, 11) is 2.06. The van der Waals surface area contributed by atoms with Crippen molar-refractivity contribution in [3.05, 3.63) is 29.6 Å². The van der Waals surface area contributed by atoms with Gasteiger partial charge in [0, 0.05) is 19.5 Å². The molecule has 1 heterocycles. The Hall–Kier alpha value is -1.88. The molecule has 0 unspecified atom stereocenters. The van der Waals surface area contributed by atoms with Gasteiger partial charge in [0.25, 0.3) is 0 Å². The summed E-state index contributed by atoms with van der Waals surface area (Å²) in [5.74, 6) is 0.0430. The highest BCUT2D eigenvalue weighted by molar-refractivity contribution is 6.01. The molecule has 1 aromatic heterocycles. The van der Waals surface area contributed by atoms with Gasteiger partial charge in [0.2, 0.25) is 0 Å². The molecular formula is C15H21N3O2. The van der Waals surface area contributed by atoms with Crippen LogP contribution in [0, 0.1) is 0 Å². The molecule has 0 atom stereocenters. The number of rotatable bonds is 6. The van der Waals surface area contributed by atoms with Crippen LogP contribution in [0.25, 0.3) is 11.0 Å². The quantitative estimate of drug-likeness (QED) is 0.878. The second kappa shape index (κ2) is 6.05. The smallest absolute Gasteiger partial charge is 0.337 e. The minimum atomic E-state index is -0.900. The predicted octanol–water partition coefficient (Wildman–Crippen LogP) is 2.25. The summed E-state index contributed by atoms with van der Waals surface area (Å²) in [6.45, 7) is 6.76. The van der Waals surface area contributed by atoms with Crippen LogP contribution in [0.2, 0.25) is 0 Å². The van der Waals surface area contributed by atoms with Crippen molar-refractivity contribution in [3.8, 4) is 0 Å². The lowest BCUT2D eigenvalue weighted by atomic mass is 10.2. The van der Waals surface area contributed by atoms with E-state index < -0.39 is 5.97 Å². The SMILES string of the molecule is CCc1nc2cccc(C(=O)O)c2n1CCN(C)CC. The highest BCUT2D eigenvalue weighted by Gasteiger charge is 2.16. The molecule has 5 nitrogen and oxygen atoms in total. The molecule has 0 saturated carbocycles. The van der Waals surface area contributed by atoms with E-state index in [-0.39, 0.29) is 0 Å². The minimum absolute atomic E-state index is 0.328. The Kier molecular flexibility index (Phi) is 4.39. The first-order chi connectivity index (χ1) is 9.58. The van der Waals surface area contributed by atoms with Crippen LogP contribution >= 0.6 is 0 Å².